The van der Waals surface area contributed by atoms with Crippen LogP contribution in [0.2, 0.25) is 0 Å². The van der Waals surface area contributed by atoms with Crippen molar-refractivity contribution in [3.05, 3.63) is 24.3 Å². The van der Waals surface area contributed by atoms with Gasteiger partial charge in [0.15, 0.2) is 0 Å². The Balaban J connectivity index is 2.32. The van der Waals surface area contributed by atoms with Crippen LogP contribution < -0.4 is 5.32 Å². The molecule has 1 fully saturated rings. The van der Waals surface area contributed by atoms with Crippen LogP contribution in [0.5, 0.6) is 0 Å². The van der Waals surface area contributed by atoms with E-state index in [1.807, 2.05) is 37.8 Å². The van der Waals surface area contributed by atoms with Gasteiger partial charge in [-0.2, -0.15) is 0 Å². The third kappa shape index (κ3) is 6.02. The molecular weight excluding hydrogens is 254 g/mol. The lowest BCUT2D eigenvalue weighted by molar-refractivity contribution is -0.128. The van der Waals surface area contributed by atoms with E-state index in [-0.39, 0.29) is 17.9 Å². The summed E-state index contributed by atoms with van der Waals surface area (Å²) in [5.74, 6) is 0.0853. The Kier molecular flexibility index (Phi) is 7.01. The van der Waals surface area contributed by atoms with Crippen LogP contribution in [0.25, 0.3) is 0 Å². The molecular formula is C15H25N3O2. The first-order valence-corrected chi connectivity index (χ1v) is 7.13. The number of allylic oxidation sites excluding steroid dienone is 3. The molecule has 0 unspecified atom stereocenters. The first-order chi connectivity index (χ1) is 9.52. The fourth-order valence-electron chi connectivity index (χ4n) is 2.05. The lowest BCUT2D eigenvalue weighted by Crippen LogP contribution is -2.51. The Bertz CT molecular complexity index is 381. The summed E-state index contributed by atoms with van der Waals surface area (Å²) in [6.45, 7) is 9.06. The van der Waals surface area contributed by atoms with E-state index in [0.29, 0.717) is 19.6 Å². The van der Waals surface area contributed by atoms with Crippen molar-refractivity contribution in [2.45, 2.75) is 26.8 Å². The number of rotatable bonds is 5. The van der Waals surface area contributed by atoms with Gasteiger partial charge in [0.2, 0.25) is 11.8 Å². The zero-order valence-corrected chi connectivity index (χ0v) is 12.6. The summed E-state index contributed by atoms with van der Waals surface area (Å²) < 4.78 is 0. The van der Waals surface area contributed by atoms with Crippen LogP contribution in [0.3, 0.4) is 0 Å². The molecule has 5 nitrogen and oxygen atoms in total. The summed E-state index contributed by atoms with van der Waals surface area (Å²) in [6.07, 6.45) is 7.06. The van der Waals surface area contributed by atoms with Crippen molar-refractivity contribution in [1.29, 1.82) is 0 Å². The second-order valence-electron chi connectivity index (χ2n) is 5.21. The highest BCUT2D eigenvalue weighted by Gasteiger charge is 2.21. The number of nitrogens with one attached hydrogen (secondary N) is 1. The molecule has 1 saturated heterocycles. The molecule has 0 bridgehead atoms. The first-order valence-electron chi connectivity index (χ1n) is 7.13. The molecule has 112 valence electrons. The first kappa shape index (κ1) is 16.4. The average molecular weight is 279 g/mol. The zero-order valence-electron chi connectivity index (χ0n) is 12.6. The van der Waals surface area contributed by atoms with Crippen LogP contribution in [0.4, 0.5) is 0 Å². The van der Waals surface area contributed by atoms with Gasteiger partial charge in [0.1, 0.15) is 0 Å². The molecule has 0 saturated carbocycles. The van der Waals surface area contributed by atoms with Gasteiger partial charge in [-0.1, -0.05) is 18.2 Å². The van der Waals surface area contributed by atoms with Crippen LogP contribution >= 0.6 is 0 Å². The topological polar surface area (TPSA) is 52.7 Å². The van der Waals surface area contributed by atoms with Gasteiger partial charge in [-0.3, -0.25) is 14.5 Å². The monoisotopic (exact) mass is 279 g/mol. The third-order valence-corrected chi connectivity index (χ3v) is 3.04. The summed E-state index contributed by atoms with van der Waals surface area (Å²) in [5.41, 5.74) is 0. The third-order valence-electron chi connectivity index (χ3n) is 3.04. The molecule has 5 heteroatoms. The normalized spacial score (nSPS) is 17.3. The summed E-state index contributed by atoms with van der Waals surface area (Å²) >= 11 is 0. The smallest absolute Gasteiger partial charge is 0.246 e. The maximum atomic E-state index is 11.9. The van der Waals surface area contributed by atoms with Gasteiger partial charge in [0.05, 0.1) is 6.54 Å². The molecule has 1 N–H and O–H groups in total. The minimum Gasteiger partial charge on any atom is -0.353 e. The van der Waals surface area contributed by atoms with Crippen molar-refractivity contribution < 1.29 is 9.59 Å². The maximum Gasteiger partial charge on any atom is 0.246 e. The van der Waals surface area contributed by atoms with Gasteiger partial charge in [-0.05, 0) is 20.8 Å². The Morgan fingerprint density at radius 2 is 1.80 bits per heavy atom. The number of piperazine rings is 1. The molecule has 1 rings (SSSR count). The Morgan fingerprint density at radius 1 is 1.15 bits per heavy atom. The minimum absolute atomic E-state index is 0.0365. The van der Waals surface area contributed by atoms with Gasteiger partial charge >= 0.3 is 0 Å². The van der Waals surface area contributed by atoms with E-state index in [9.17, 15) is 9.59 Å². The van der Waals surface area contributed by atoms with E-state index in [4.69, 9.17) is 0 Å². The Hall–Kier alpha value is -1.62. The largest absolute Gasteiger partial charge is 0.353 e. The number of carbonyl (C=O) groups excluding carboxylic acids is 2. The molecule has 1 aliphatic rings. The highest BCUT2D eigenvalue weighted by molar-refractivity contribution is 5.88. The van der Waals surface area contributed by atoms with Crippen molar-refractivity contribution >= 4 is 11.8 Å². The molecule has 20 heavy (non-hydrogen) atoms. The second kappa shape index (κ2) is 8.53. The van der Waals surface area contributed by atoms with Gasteiger partial charge < -0.3 is 10.2 Å². The highest BCUT2D eigenvalue weighted by Crippen LogP contribution is 2.02. The average Bonchev–Trinajstić information content (AvgIpc) is 2.38. The lowest BCUT2D eigenvalue weighted by atomic mass is 10.3. The van der Waals surface area contributed by atoms with Crippen LogP contribution in [0.1, 0.15) is 20.8 Å². The molecule has 0 atom stereocenters. The molecule has 0 aromatic rings. The molecule has 2 amide bonds. The number of hydrogen-bond acceptors (Lipinski definition) is 3. The number of amides is 2. The van der Waals surface area contributed by atoms with Crippen molar-refractivity contribution in [3.63, 3.8) is 0 Å². The molecule has 0 radical (unpaired) electrons. The van der Waals surface area contributed by atoms with Crippen LogP contribution in [-0.2, 0) is 9.59 Å². The molecule has 0 aliphatic carbocycles. The molecule has 1 heterocycles. The predicted octanol–water partition coefficient (Wildman–Crippen LogP) is 0.788. The molecule has 1 aliphatic heterocycles. The number of hydrogen-bond donors (Lipinski definition) is 1. The van der Waals surface area contributed by atoms with E-state index in [1.54, 1.807) is 12.2 Å². The van der Waals surface area contributed by atoms with Gasteiger partial charge in [-0.15, -0.1) is 0 Å². The number of nitrogens with zero attached hydrogens (tertiary/aromatic N) is 2. The van der Waals surface area contributed by atoms with E-state index >= 15 is 0 Å². The summed E-state index contributed by atoms with van der Waals surface area (Å²) in [4.78, 5) is 27.4. The van der Waals surface area contributed by atoms with E-state index in [0.717, 1.165) is 13.1 Å². The second-order valence-corrected chi connectivity index (χ2v) is 5.21. The van der Waals surface area contributed by atoms with Gasteiger partial charge in [-0.25, -0.2) is 0 Å². The summed E-state index contributed by atoms with van der Waals surface area (Å²) in [6, 6.07) is 0.169. The van der Waals surface area contributed by atoms with E-state index in [2.05, 4.69) is 10.2 Å². The maximum absolute atomic E-state index is 11.9. The molecule has 0 spiro atoms. The van der Waals surface area contributed by atoms with Crippen molar-refractivity contribution in [2.24, 2.45) is 0 Å². The van der Waals surface area contributed by atoms with Crippen molar-refractivity contribution in [3.8, 4) is 0 Å². The van der Waals surface area contributed by atoms with Crippen molar-refractivity contribution in [2.75, 3.05) is 32.7 Å². The zero-order chi connectivity index (χ0) is 15.0. The summed E-state index contributed by atoms with van der Waals surface area (Å²) in [5, 5.41) is 2.88. The quantitative estimate of drug-likeness (QED) is 0.598. The van der Waals surface area contributed by atoms with Gasteiger partial charge in [0.25, 0.3) is 0 Å². The standard InChI is InChI=1S/C15H25N3O2/c1-4-5-6-7-15(20)18-10-8-17(9-11-18)12-14(19)16-13(2)3/h4-7,13H,8-12H2,1-3H3,(H,16,19)/b5-4+,7-6?. The van der Waals surface area contributed by atoms with Gasteiger partial charge in [0, 0.05) is 38.3 Å². The number of carbonyl (C=O) groups is 2. The SMILES string of the molecule is C/C=C/C=CC(=O)N1CCN(CC(=O)NC(C)C)CC1. The molecule has 0 aromatic carbocycles. The van der Waals surface area contributed by atoms with Crippen LogP contribution in [0, 0.1) is 0 Å². The Labute approximate surface area is 121 Å². The molecule has 0 aromatic heterocycles. The summed E-state index contributed by atoms with van der Waals surface area (Å²) in [7, 11) is 0. The van der Waals surface area contributed by atoms with Crippen LogP contribution in [-0.4, -0.2) is 60.4 Å². The highest BCUT2D eigenvalue weighted by atomic mass is 16.2. The van der Waals surface area contributed by atoms with Crippen LogP contribution in [0.15, 0.2) is 24.3 Å². The Morgan fingerprint density at radius 3 is 2.35 bits per heavy atom. The van der Waals surface area contributed by atoms with E-state index < -0.39 is 0 Å². The fraction of sp³-hybridized carbons (Fsp3) is 0.600. The fourth-order valence-corrected chi connectivity index (χ4v) is 2.05. The van der Waals surface area contributed by atoms with E-state index in [1.165, 1.54) is 0 Å². The van der Waals surface area contributed by atoms with Crippen molar-refractivity contribution in [1.82, 2.24) is 15.1 Å². The lowest BCUT2D eigenvalue weighted by Gasteiger charge is -2.33. The minimum atomic E-state index is 0.0365. The predicted molar refractivity (Wildman–Crippen MR) is 80.3 cm³/mol.